The maximum Gasteiger partial charge on any atom is 0.0270 e. The molecule has 2 aromatic rings. The molecule has 19 heavy (non-hydrogen) atoms. The lowest BCUT2D eigenvalue weighted by Crippen LogP contribution is -2.31. The first kappa shape index (κ1) is 13.8. The van der Waals surface area contributed by atoms with E-state index in [4.69, 9.17) is 0 Å². The second-order valence-corrected chi connectivity index (χ2v) is 4.84. The van der Waals surface area contributed by atoms with Crippen molar-refractivity contribution in [1.82, 2.24) is 10.3 Å². The van der Waals surface area contributed by atoms with Gasteiger partial charge in [-0.1, -0.05) is 37.3 Å². The van der Waals surface area contributed by atoms with Crippen LogP contribution in [0.5, 0.6) is 0 Å². The molecular weight excluding hydrogens is 232 g/mol. The SMILES string of the molecule is CCNC(CCc1ccncc1)Cc1ccccc1. The lowest BCUT2D eigenvalue weighted by molar-refractivity contribution is 0.491. The van der Waals surface area contributed by atoms with Crippen LogP contribution >= 0.6 is 0 Å². The third-order valence-electron chi connectivity index (χ3n) is 3.35. The summed E-state index contributed by atoms with van der Waals surface area (Å²) in [5, 5.41) is 3.59. The number of aromatic nitrogens is 1. The first-order valence-corrected chi connectivity index (χ1v) is 7.04. The van der Waals surface area contributed by atoms with Crippen LogP contribution in [0, 0.1) is 0 Å². The van der Waals surface area contributed by atoms with Crippen LogP contribution in [0.3, 0.4) is 0 Å². The highest BCUT2D eigenvalue weighted by atomic mass is 14.9. The van der Waals surface area contributed by atoms with Gasteiger partial charge in [-0.3, -0.25) is 4.98 Å². The highest BCUT2D eigenvalue weighted by molar-refractivity contribution is 5.16. The minimum Gasteiger partial charge on any atom is -0.314 e. The summed E-state index contributed by atoms with van der Waals surface area (Å²) in [5.74, 6) is 0. The summed E-state index contributed by atoms with van der Waals surface area (Å²) in [6, 6.07) is 15.5. The van der Waals surface area contributed by atoms with Crippen molar-refractivity contribution in [3.8, 4) is 0 Å². The van der Waals surface area contributed by atoms with E-state index in [-0.39, 0.29) is 0 Å². The average Bonchev–Trinajstić information content (AvgIpc) is 2.47. The smallest absolute Gasteiger partial charge is 0.0270 e. The number of benzene rings is 1. The molecule has 1 atom stereocenters. The number of pyridine rings is 1. The van der Waals surface area contributed by atoms with E-state index in [0.29, 0.717) is 6.04 Å². The Morgan fingerprint density at radius 3 is 2.42 bits per heavy atom. The highest BCUT2D eigenvalue weighted by Crippen LogP contribution is 2.09. The molecule has 1 aromatic carbocycles. The number of aryl methyl sites for hydroxylation is 1. The fraction of sp³-hybridized carbons (Fsp3) is 0.353. The number of hydrogen-bond acceptors (Lipinski definition) is 2. The third kappa shape index (κ3) is 4.84. The van der Waals surface area contributed by atoms with Crippen molar-refractivity contribution in [3.05, 3.63) is 66.0 Å². The summed E-state index contributed by atoms with van der Waals surface area (Å²) in [4.78, 5) is 4.06. The molecule has 1 N–H and O–H groups in total. The van der Waals surface area contributed by atoms with Crippen LogP contribution in [0.4, 0.5) is 0 Å². The monoisotopic (exact) mass is 254 g/mol. The molecular formula is C17H22N2. The number of rotatable bonds is 7. The van der Waals surface area contributed by atoms with Crippen molar-refractivity contribution in [2.75, 3.05) is 6.54 Å². The molecule has 0 spiro atoms. The van der Waals surface area contributed by atoms with E-state index in [1.807, 2.05) is 12.4 Å². The van der Waals surface area contributed by atoms with Gasteiger partial charge in [-0.05, 0) is 49.1 Å². The van der Waals surface area contributed by atoms with Crippen LogP contribution in [-0.2, 0) is 12.8 Å². The molecule has 0 fully saturated rings. The normalized spacial score (nSPS) is 12.3. The zero-order valence-electron chi connectivity index (χ0n) is 11.5. The van der Waals surface area contributed by atoms with E-state index < -0.39 is 0 Å². The molecule has 2 nitrogen and oxygen atoms in total. The maximum absolute atomic E-state index is 4.06. The van der Waals surface area contributed by atoms with Crippen LogP contribution in [0.15, 0.2) is 54.9 Å². The summed E-state index contributed by atoms with van der Waals surface area (Å²) < 4.78 is 0. The molecule has 1 unspecified atom stereocenters. The van der Waals surface area contributed by atoms with Crippen LogP contribution < -0.4 is 5.32 Å². The number of likely N-dealkylation sites (N-methyl/N-ethyl adjacent to an activating group) is 1. The topological polar surface area (TPSA) is 24.9 Å². The average molecular weight is 254 g/mol. The van der Waals surface area contributed by atoms with Crippen molar-refractivity contribution < 1.29 is 0 Å². The molecule has 0 amide bonds. The molecule has 0 radical (unpaired) electrons. The van der Waals surface area contributed by atoms with Crippen molar-refractivity contribution in [2.24, 2.45) is 0 Å². The highest BCUT2D eigenvalue weighted by Gasteiger charge is 2.08. The maximum atomic E-state index is 4.06. The Labute approximate surface area is 115 Å². The number of hydrogen-bond donors (Lipinski definition) is 1. The summed E-state index contributed by atoms with van der Waals surface area (Å²) in [6.45, 7) is 3.19. The fourth-order valence-electron chi connectivity index (χ4n) is 2.35. The summed E-state index contributed by atoms with van der Waals surface area (Å²) in [6.07, 6.45) is 7.10. The Kier molecular flexibility index (Phi) is 5.57. The molecule has 0 saturated carbocycles. The van der Waals surface area contributed by atoms with Crippen LogP contribution in [-0.4, -0.2) is 17.6 Å². The molecule has 2 heteroatoms. The van der Waals surface area contributed by atoms with Crippen molar-refractivity contribution >= 4 is 0 Å². The Hall–Kier alpha value is -1.67. The first-order valence-electron chi connectivity index (χ1n) is 7.04. The van der Waals surface area contributed by atoms with E-state index in [1.54, 1.807) is 0 Å². The Bertz CT molecular complexity index is 453. The van der Waals surface area contributed by atoms with Crippen LogP contribution in [0.25, 0.3) is 0 Å². The molecule has 0 aliphatic carbocycles. The number of nitrogens with zero attached hydrogens (tertiary/aromatic N) is 1. The molecule has 0 aliphatic heterocycles. The van der Waals surface area contributed by atoms with Crippen molar-refractivity contribution in [2.45, 2.75) is 32.2 Å². The van der Waals surface area contributed by atoms with Crippen molar-refractivity contribution in [1.29, 1.82) is 0 Å². The van der Waals surface area contributed by atoms with Gasteiger partial charge >= 0.3 is 0 Å². The second kappa shape index (κ2) is 7.70. The van der Waals surface area contributed by atoms with E-state index in [2.05, 4.69) is 59.7 Å². The predicted octanol–water partition coefficient (Wildman–Crippen LogP) is 3.24. The minimum atomic E-state index is 0.542. The van der Waals surface area contributed by atoms with Gasteiger partial charge in [0.05, 0.1) is 0 Å². The van der Waals surface area contributed by atoms with Gasteiger partial charge in [0, 0.05) is 18.4 Å². The zero-order chi connectivity index (χ0) is 13.3. The first-order chi connectivity index (χ1) is 9.38. The standard InChI is InChI=1S/C17H22N2/c1-2-19-17(14-16-6-4-3-5-7-16)9-8-15-10-12-18-13-11-15/h3-7,10-13,17,19H,2,8-9,14H2,1H3. The minimum absolute atomic E-state index is 0.542. The molecule has 2 rings (SSSR count). The van der Waals surface area contributed by atoms with Crippen LogP contribution in [0.2, 0.25) is 0 Å². The lowest BCUT2D eigenvalue weighted by Gasteiger charge is -2.18. The van der Waals surface area contributed by atoms with Gasteiger partial charge in [-0.2, -0.15) is 0 Å². The summed E-state index contributed by atoms with van der Waals surface area (Å²) >= 11 is 0. The predicted molar refractivity (Wildman–Crippen MR) is 80.2 cm³/mol. The van der Waals surface area contributed by atoms with Crippen molar-refractivity contribution in [3.63, 3.8) is 0 Å². The van der Waals surface area contributed by atoms with Crippen LogP contribution in [0.1, 0.15) is 24.5 Å². The Balaban J connectivity index is 1.89. The van der Waals surface area contributed by atoms with E-state index in [1.165, 1.54) is 11.1 Å². The van der Waals surface area contributed by atoms with Gasteiger partial charge in [0.2, 0.25) is 0 Å². The molecule has 0 saturated heterocycles. The van der Waals surface area contributed by atoms with E-state index in [0.717, 1.165) is 25.8 Å². The van der Waals surface area contributed by atoms with Gasteiger partial charge in [-0.25, -0.2) is 0 Å². The third-order valence-corrected chi connectivity index (χ3v) is 3.35. The molecule has 0 aliphatic rings. The van der Waals surface area contributed by atoms with E-state index in [9.17, 15) is 0 Å². The summed E-state index contributed by atoms with van der Waals surface area (Å²) in [5.41, 5.74) is 2.77. The molecule has 1 aromatic heterocycles. The quantitative estimate of drug-likeness (QED) is 0.820. The summed E-state index contributed by atoms with van der Waals surface area (Å²) in [7, 11) is 0. The number of nitrogens with one attached hydrogen (secondary N) is 1. The Morgan fingerprint density at radius 1 is 1.00 bits per heavy atom. The van der Waals surface area contributed by atoms with Gasteiger partial charge in [0.1, 0.15) is 0 Å². The van der Waals surface area contributed by atoms with Gasteiger partial charge in [0.25, 0.3) is 0 Å². The Morgan fingerprint density at radius 2 is 1.74 bits per heavy atom. The zero-order valence-corrected chi connectivity index (χ0v) is 11.5. The largest absolute Gasteiger partial charge is 0.314 e. The molecule has 0 bridgehead atoms. The van der Waals surface area contributed by atoms with Gasteiger partial charge in [0.15, 0.2) is 0 Å². The fourth-order valence-corrected chi connectivity index (χ4v) is 2.35. The van der Waals surface area contributed by atoms with Gasteiger partial charge in [-0.15, -0.1) is 0 Å². The van der Waals surface area contributed by atoms with E-state index >= 15 is 0 Å². The molecule has 100 valence electrons. The molecule has 1 heterocycles. The second-order valence-electron chi connectivity index (χ2n) is 4.84. The van der Waals surface area contributed by atoms with Gasteiger partial charge < -0.3 is 5.32 Å². The lowest BCUT2D eigenvalue weighted by atomic mass is 9.99.